The van der Waals surface area contributed by atoms with Crippen LogP contribution in [0.25, 0.3) is 0 Å². The van der Waals surface area contributed by atoms with Crippen molar-refractivity contribution in [2.45, 2.75) is 18.9 Å². The van der Waals surface area contributed by atoms with Gasteiger partial charge in [-0.05, 0) is 6.42 Å². The molecule has 0 aromatic carbocycles. The van der Waals surface area contributed by atoms with Crippen LogP contribution in [0.5, 0.6) is 0 Å². The Hall–Kier alpha value is -2.02. The van der Waals surface area contributed by atoms with Crippen LogP contribution >= 0.6 is 0 Å². The number of nitrogens with zero attached hydrogens (tertiary/aromatic N) is 4. The molecule has 1 aromatic rings. The zero-order valence-corrected chi connectivity index (χ0v) is 11.8. The van der Waals surface area contributed by atoms with E-state index in [0.717, 1.165) is 12.1 Å². The standard InChI is InChI=1S/C14H18N4O3/c19-13-2-1-5-17(13)10-14(20)18-6-7-21-12(9-18)11-8-15-3-4-16-11/h3-4,8,12H,1-2,5-7,9-10H2/t12-/m0/s1. The van der Waals surface area contributed by atoms with Gasteiger partial charge in [-0.1, -0.05) is 0 Å². The van der Waals surface area contributed by atoms with Crippen LogP contribution < -0.4 is 0 Å². The van der Waals surface area contributed by atoms with Gasteiger partial charge in [0.05, 0.1) is 31.6 Å². The van der Waals surface area contributed by atoms with Crippen molar-refractivity contribution < 1.29 is 14.3 Å². The molecule has 0 N–H and O–H groups in total. The second-order valence-electron chi connectivity index (χ2n) is 5.25. The molecule has 3 heterocycles. The summed E-state index contributed by atoms with van der Waals surface area (Å²) in [5, 5.41) is 0. The summed E-state index contributed by atoms with van der Waals surface area (Å²) in [6.07, 6.45) is 6.03. The Morgan fingerprint density at radius 3 is 3.00 bits per heavy atom. The molecule has 2 fully saturated rings. The number of rotatable bonds is 3. The minimum atomic E-state index is -0.245. The summed E-state index contributed by atoms with van der Waals surface area (Å²) in [6, 6.07) is 0. The van der Waals surface area contributed by atoms with E-state index in [1.165, 1.54) is 0 Å². The fraction of sp³-hybridized carbons (Fsp3) is 0.571. The molecule has 0 aliphatic carbocycles. The lowest BCUT2D eigenvalue weighted by Gasteiger charge is -2.33. The molecular formula is C14H18N4O3. The number of aromatic nitrogens is 2. The number of ether oxygens (including phenoxy) is 1. The quantitative estimate of drug-likeness (QED) is 0.783. The summed E-state index contributed by atoms with van der Waals surface area (Å²) >= 11 is 0. The molecule has 0 saturated carbocycles. The van der Waals surface area contributed by atoms with Gasteiger partial charge in [0.15, 0.2) is 0 Å². The third-order valence-corrected chi connectivity index (χ3v) is 3.83. The van der Waals surface area contributed by atoms with E-state index < -0.39 is 0 Å². The van der Waals surface area contributed by atoms with Gasteiger partial charge >= 0.3 is 0 Å². The lowest BCUT2D eigenvalue weighted by molar-refractivity contribution is -0.143. The van der Waals surface area contributed by atoms with E-state index in [4.69, 9.17) is 4.74 Å². The smallest absolute Gasteiger partial charge is 0.242 e. The minimum Gasteiger partial charge on any atom is -0.368 e. The highest BCUT2D eigenvalue weighted by Crippen LogP contribution is 2.20. The van der Waals surface area contributed by atoms with Gasteiger partial charge in [0, 0.05) is 31.9 Å². The average molecular weight is 290 g/mol. The van der Waals surface area contributed by atoms with Gasteiger partial charge in [-0.15, -0.1) is 0 Å². The van der Waals surface area contributed by atoms with Crippen molar-refractivity contribution in [1.82, 2.24) is 19.8 Å². The topological polar surface area (TPSA) is 75.6 Å². The van der Waals surface area contributed by atoms with Crippen molar-refractivity contribution in [3.8, 4) is 0 Å². The van der Waals surface area contributed by atoms with Crippen LogP contribution in [0.1, 0.15) is 24.6 Å². The van der Waals surface area contributed by atoms with Crippen molar-refractivity contribution in [2.24, 2.45) is 0 Å². The molecule has 2 amide bonds. The molecule has 0 spiro atoms. The first-order valence-corrected chi connectivity index (χ1v) is 7.17. The second kappa shape index (κ2) is 6.17. The van der Waals surface area contributed by atoms with Gasteiger partial charge < -0.3 is 14.5 Å². The van der Waals surface area contributed by atoms with Crippen LogP contribution in [0.4, 0.5) is 0 Å². The summed E-state index contributed by atoms with van der Waals surface area (Å²) in [4.78, 5) is 35.5. The molecular weight excluding hydrogens is 272 g/mol. The molecule has 1 atom stereocenters. The first-order chi connectivity index (χ1) is 10.2. The van der Waals surface area contributed by atoms with Crippen LogP contribution in [-0.4, -0.2) is 64.4 Å². The molecule has 2 aliphatic rings. The van der Waals surface area contributed by atoms with Gasteiger partial charge in [0.2, 0.25) is 11.8 Å². The lowest BCUT2D eigenvalue weighted by Crippen LogP contribution is -2.47. The van der Waals surface area contributed by atoms with Crippen molar-refractivity contribution >= 4 is 11.8 Å². The van der Waals surface area contributed by atoms with E-state index in [1.807, 2.05) is 0 Å². The number of hydrogen-bond acceptors (Lipinski definition) is 5. The Morgan fingerprint density at radius 2 is 2.29 bits per heavy atom. The Balaban J connectivity index is 1.60. The highest BCUT2D eigenvalue weighted by molar-refractivity contribution is 5.85. The first kappa shape index (κ1) is 13.9. The monoisotopic (exact) mass is 290 g/mol. The van der Waals surface area contributed by atoms with Gasteiger partial charge in [-0.25, -0.2) is 0 Å². The van der Waals surface area contributed by atoms with E-state index in [-0.39, 0.29) is 24.5 Å². The summed E-state index contributed by atoms with van der Waals surface area (Å²) in [6.45, 7) is 2.34. The largest absolute Gasteiger partial charge is 0.368 e. The second-order valence-corrected chi connectivity index (χ2v) is 5.25. The number of carbonyl (C=O) groups is 2. The molecule has 7 heteroatoms. The molecule has 2 aliphatic heterocycles. The fourth-order valence-electron chi connectivity index (χ4n) is 2.67. The third-order valence-electron chi connectivity index (χ3n) is 3.83. The Morgan fingerprint density at radius 1 is 1.38 bits per heavy atom. The summed E-state index contributed by atoms with van der Waals surface area (Å²) in [5.41, 5.74) is 0.729. The molecule has 7 nitrogen and oxygen atoms in total. The molecule has 3 rings (SSSR count). The maximum Gasteiger partial charge on any atom is 0.242 e. The molecule has 112 valence electrons. The average Bonchev–Trinajstić information content (AvgIpc) is 2.93. The number of hydrogen-bond donors (Lipinski definition) is 0. The van der Waals surface area contributed by atoms with Gasteiger partial charge in [-0.3, -0.25) is 19.6 Å². The molecule has 0 radical (unpaired) electrons. The number of morpholine rings is 1. The summed E-state index contributed by atoms with van der Waals surface area (Å²) in [5.74, 6) is 0.0459. The van der Waals surface area contributed by atoms with Crippen LogP contribution in [-0.2, 0) is 14.3 Å². The number of likely N-dealkylation sites (tertiary alicyclic amines) is 1. The zero-order chi connectivity index (χ0) is 14.7. The maximum absolute atomic E-state index is 12.3. The third kappa shape index (κ3) is 3.18. The maximum atomic E-state index is 12.3. The Kier molecular flexibility index (Phi) is 4.10. The predicted octanol–water partition coefficient (Wildman–Crippen LogP) is -0.00110. The van der Waals surface area contributed by atoms with Crippen LogP contribution in [0.2, 0.25) is 0 Å². The highest BCUT2D eigenvalue weighted by atomic mass is 16.5. The van der Waals surface area contributed by atoms with Crippen LogP contribution in [0.3, 0.4) is 0 Å². The number of carbonyl (C=O) groups excluding carboxylic acids is 2. The highest BCUT2D eigenvalue weighted by Gasteiger charge is 2.29. The molecule has 21 heavy (non-hydrogen) atoms. The number of amides is 2. The molecule has 0 bridgehead atoms. The summed E-state index contributed by atoms with van der Waals surface area (Å²) < 4.78 is 5.66. The van der Waals surface area contributed by atoms with Gasteiger partial charge in [-0.2, -0.15) is 0 Å². The SMILES string of the molecule is O=C1CCCN1CC(=O)N1CCO[C@H](c2cnccn2)C1. The summed E-state index contributed by atoms with van der Waals surface area (Å²) in [7, 11) is 0. The van der Waals surface area contributed by atoms with Crippen molar-refractivity contribution in [2.75, 3.05) is 32.8 Å². The van der Waals surface area contributed by atoms with E-state index >= 15 is 0 Å². The van der Waals surface area contributed by atoms with E-state index in [1.54, 1.807) is 28.4 Å². The van der Waals surface area contributed by atoms with E-state index in [0.29, 0.717) is 32.7 Å². The van der Waals surface area contributed by atoms with Crippen molar-refractivity contribution in [3.63, 3.8) is 0 Å². The van der Waals surface area contributed by atoms with Crippen molar-refractivity contribution in [1.29, 1.82) is 0 Å². The van der Waals surface area contributed by atoms with Gasteiger partial charge in [0.25, 0.3) is 0 Å². The van der Waals surface area contributed by atoms with E-state index in [9.17, 15) is 9.59 Å². The molecule has 2 saturated heterocycles. The predicted molar refractivity (Wildman–Crippen MR) is 73.1 cm³/mol. The van der Waals surface area contributed by atoms with Crippen LogP contribution in [0, 0.1) is 0 Å². The lowest BCUT2D eigenvalue weighted by atomic mass is 10.2. The minimum absolute atomic E-state index is 0.0255. The Labute approximate surface area is 122 Å². The zero-order valence-electron chi connectivity index (χ0n) is 11.8. The first-order valence-electron chi connectivity index (χ1n) is 7.17. The van der Waals surface area contributed by atoms with Crippen LogP contribution in [0.15, 0.2) is 18.6 Å². The van der Waals surface area contributed by atoms with E-state index in [2.05, 4.69) is 9.97 Å². The normalized spacial score (nSPS) is 22.7. The van der Waals surface area contributed by atoms with Crippen molar-refractivity contribution in [3.05, 3.63) is 24.3 Å². The fourth-order valence-corrected chi connectivity index (χ4v) is 2.67. The molecule has 1 aromatic heterocycles. The molecule has 0 unspecified atom stereocenters. The van der Waals surface area contributed by atoms with Gasteiger partial charge in [0.1, 0.15) is 6.10 Å². The Bertz CT molecular complexity index is 522.